The molecule has 3 heterocycles. The number of hydrogen-bond acceptors (Lipinski definition) is 2. The molecule has 27 heavy (non-hydrogen) atoms. The van der Waals surface area contributed by atoms with Gasteiger partial charge in [0.2, 0.25) is 5.43 Å². The van der Waals surface area contributed by atoms with Crippen LogP contribution in [0.4, 0.5) is 0 Å². The Hall–Kier alpha value is -3.05. The third-order valence-electron chi connectivity index (χ3n) is 5.20. The van der Waals surface area contributed by atoms with Crippen LogP contribution in [0, 0.1) is 0 Å². The van der Waals surface area contributed by atoms with E-state index in [-0.39, 0.29) is 16.9 Å². The summed E-state index contributed by atoms with van der Waals surface area (Å²) < 4.78 is 2.19. The van der Waals surface area contributed by atoms with Gasteiger partial charge in [0, 0.05) is 51.8 Å². The van der Waals surface area contributed by atoms with Crippen molar-refractivity contribution in [2.75, 3.05) is 6.54 Å². The second kappa shape index (κ2) is 5.99. The minimum Gasteiger partial charge on any atom is -0.360 e. The van der Waals surface area contributed by atoms with E-state index >= 15 is 0 Å². The van der Waals surface area contributed by atoms with E-state index in [9.17, 15) is 9.59 Å². The van der Waals surface area contributed by atoms with Crippen molar-refractivity contribution in [2.24, 2.45) is 0 Å². The molecular formula is C21H16ClN3O2. The first-order valence-corrected chi connectivity index (χ1v) is 9.17. The van der Waals surface area contributed by atoms with Gasteiger partial charge >= 0.3 is 0 Å². The van der Waals surface area contributed by atoms with Gasteiger partial charge in [-0.25, -0.2) is 0 Å². The minimum atomic E-state index is -0.239. The van der Waals surface area contributed by atoms with E-state index in [1.54, 1.807) is 17.0 Å². The van der Waals surface area contributed by atoms with Crippen LogP contribution in [-0.4, -0.2) is 26.9 Å². The van der Waals surface area contributed by atoms with E-state index in [1.165, 1.54) is 6.20 Å². The summed E-state index contributed by atoms with van der Waals surface area (Å²) >= 11 is 6.13. The van der Waals surface area contributed by atoms with Gasteiger partial charge in [0.1, 0.15) is 5.56 Å². The molecule has 134 valence electrons. The molecule has 5 rings (SSSR count). The van der Waals surface area contributed by atoms with E-state index in [0.717, 1.165) is 22.1 Å². The fraction of sp³-hybridized carbons (Fsp3) is 0.143. The van der Waals surface area contributed by atoms with Crippen molar-refractivity contribution >= 4 is 39.3 Å². The lowest BCUT2D eigenvalue weighted by atomic mass is 10.1. The van der Waals surface area contributed by atoms with Crippen LogP contribution < -0.4 is 5.43 Å². The Morgan fingerprint density at radius 3 is 2.81 bits per heavy atom. The predicted molar refractivity (Wildman–Crippen MR) is 106 cm³/mol. The largest absolute Gasteiger partial charge is 0.360 e. The molecule has 0 atom stereocenters. The number of carbonyl (C=O) groups is 1. The Morgan fingerprint density at radius 1 is 1.07 bits per heavy atom. The van der Waals surface area contributed by atoms with Crippen molar-refractivity contribution in [1.82, 2.24) is 14.5 Å². The molecule has 0 aliphatic carbocycles. The number of aromatic nitrogens is 2. The van der Waals surface area contributed by atoms with Crippen LogP contribution in [0.5, 0.6) is 0 Å². The Morgan fingerprint density at radius 2 is 1.93 bits per heavy atom. The Kier molecular flexibility index (Phi) is 3.58. The maximum Gasteiger partial charge on any atom is 0.259 e. The molecule has 6 heteroatoms. The number of para-hydroxylation sites is 1. The molecular weight excluding hydrogens is 362 g/mol. The molecule has 4 aromatic rings. The summed E-state index contributed by atoms with van der Waals surface area (Å²) in [6, 6.07) is 15.1. The molecule has 1 N–H and O–H groups in total. The van der Waals surface area contributed by atoms with Crippen molar-refractivity contribution in [2.45, 2.75) is 13.1 Å². The van der Waals surface area contributed by atoms with Crippen LogP contribution in [0.2, 0.25) is 5.02 Å². The van der Waals surface area contributed by atoms with Gasteiger partial charge in [0.05, 0.1) is 6.54 Å². The average Bonchev–Trinajstić information content (AvgIpc) is 3.05. The molecule has 0 fully saturated rings. The molecule has 2 aromatic carbocycles. The summed E-state index contributed by atoms with van der Waals surface area (Å²) in [5.74, 6) is -0.239. The van der Waals surface area contributed by atoms with E-state index in [1.807, 2.05) is 30.3 Å². The van der Waals surface area contributed by atoms with Gasteiger partial charge in [0.25, 0.3) is 5.91 Å². The highest BCUT2D eigenvalue weighted by Crippen LogP contribution is 2.27. The van der Waals surface area contributed by atoms with Gasteiger partial charge in [-0.1, -0.05) is 29.8 Å². The van der Waals surface area contributed by atoms with Crippen LogP contribution >= 0.6 is 11.6 Å². The first-order chi connectivity index (χ1) is 13.1. The van der Waals surface area contributed by atoms with E-state index in [0.29, 0.717) is 30.0 Å². The van der Waals surface area contributed by atoms with Gasteiger partial charge in [-0.05, 0) is 30.3 Å². The molecule has 5 nitrogen and oxygen atoms in total. The molecule has 0 spiro atoms. The maximum atomic E-state index is 13.0. The second-order valence-corrected chi connectivity index (χ2v) is 7.23. The third-order valence-corrected chi connectivity index (χ3v) is 5.44. The van der Waals surface area contributed by atoms with E-state index in [4.69, 9.17) is 11.6 Å². The van der Waals surface area contributed by atoms with Gasteiger partial charge in [-0.2, -0.15) is 0 Å². The highest BCUT2D eigenvalue weighted by atomic mass is 35.5. The molecule has 2 aromatic heterocycles. The first kappa shape index (κ1) is 16.1. The molecule has 0 saturated carbocycles. The minimum absolute atomic E-state index is 0.182. The number of nitrogens with zero attached hydrogens (tertiary/aromatic N) is 2. The fourth-order valence-corrected chi connectivity index (χ4v) is 4.01. The number of carbonyl (C=O) groups excluding carboxylic acids is 1. The summed E-state index contributed by atoms with van der Waals surface area (Å²) in [7, 11) is 0. The Balaban J connectivity index is 1.52. The first-order valence-electron chi connectivity index (χ1n) is 8.79. The van der Waals surface area contributed by atoms with E-state index in [2.05, 4.69) is 15.6 Å². The zero-order chi connectivity index (χ0) is 18.5. The number of aromatic amines is 1. The summed E-state index contributed by atoms with van der Waals surface area (Å²) in [5, 5.41) is 2.33. The Bertz CT molecular complexity index is 1270. The SMILES string of the molecule is O=C(c1c[nH]c2ccccc2c1=O)N1CCn2c(cc3ccc(Cl)cc32)C1. The molecule has 1 aliphatic heterocycles. The zero-order valence-electron chi connectivity index (χ0n) is 14.4. The van der Waals surface area contributed by atoms with Crippen LogP contribution in [0.1, 0.15) is 16.1 Å². The lowest BCUT2D eigenvalue weighted by molar-refractivity contribution is 0.0711. The average molecular weight is 378 g/mol. The smallest absolute Gasteiger partial charge is 0.259 e. The summed E-state index contributed by atoms with van der Waals surface area (Å²) in [6.45, 7) is 1.70. The standard InChI is InChI=1S/C21H16ClN3O2/c22-14-6-5-13-9-15-12-24(7-8-25(15)19(13)10-14)21(27)17-11-23-18-4-2-1-3-16(18)20(17)26/h1-6,9-11H,7-8,12H2,(H,23,26). The highest BCUT2D eigenvalue weighted by Gasteiger charge is 2.25. The van der Waals surface area contributed by atoms with E-state index < -0.39 is 0 Å². The van der Waals surface area contributed by atoms with Gasteiger partial charge in [-0.3, -0.25) is 9.59 Å². The lowest BCUT2D eigenvalue weighted by Gasteiger charge is -2.29. The topological polar surface area (TPSA) is 58.1 Å². The van der Waals surface area contributed by atoms with Crippen molar-refractivity contribution in [3.05, 3.63) is 81.2 Å². The van der Waals surface area contributed by atoms with Gasteiger partial charge in [-0.15, -0.1) is 0 Å². The number of H-pyrrole nitrogens is 1. The number of pyridine rings is 1. The molecule has 1 amide bonds. The number of fused-ring (bicyclic) bond motifs is 4. The normalized spacial score (nSPS) is 13.9. The lowest BCUT2D eigenvalue weighted by Crippen LogP contribution is -2.39. The molecule has 0 bridgehead atoms. The number of halogens is 1. The van der Waals surface area contributed by atoms with Gasteiger partial charge in [0.15, 0.2) is 0 Å². The van der Waals surface area contributed by atoms with Crippen LogP contribution in [0.15, 0.2) is 59.5 Å². The molecule has 0 saturated heterocycles. The quantitative estimate of drug-likeness (QED) is 0.548. The molecule has 0 radical (unpaired) electrons. The fourth-order valence-electron chi connectivity index (χ4n) is 3.85. The van der Waals surface area contributed by atoms with Crippen molar-refractivity contribution in [3.63, 3.8) is 0 Å². The molecule has 1 aliphatic rings. The highest BCUT2D eigenvalue weighted by molar-refractivity contribution is 6.31. The van der Waals surface area contributed by atoms with Crippen LogP contribution in [-0.2, 0) is 13.1 Å². The third kappa shape index (κ3) is 2.54. The van der Waals surface area contributed by atoms with Crippen molar-refractivity contribution in [3.8, 4) is 0 Å². The van der Waals surface area contributed by atoms with Gasteiger partial charge < -0.3 is 14.5 Å². The van der Waals surface area contributed by atoms with Crippen LogP contribution in [0.3, 0.4) is 0 Å². The number of nitrogens with one attached hydrogen (secondary N) is 1. The number of benzene rings is 2. The Labute approximate surface area is 159 Å². The zero-order valence-corrected chi connectivity index (χ0v) is 15.2. The second-order valence-electron chi connectivity index (χ2n) is 6.79. The van der Waals surface area contributed by atoms with Crippen molar-refractivity contribution < 1.29 is 4.79 Å². The number of rotatable bonds is 1. The summed E-state index contributed by atoms with van der Waals surface area (Å²) in [5.41, 5.74) is 2.81. The maximum absolute atomic E-state index is 13.0. The number of amides is 1. The number of hydrogen-bond donors (Lipinski definition) is 1. The van der Waals surface area contributed by atoms with Crippen molar-refractivity contribution in [1.29, 1.82) is 0 Å². The van der Waals surface area contributed by atoms with Crippen LogP contribution in [0.25, 0.3) is 21.8 Å². The molecule has 0 unspecified atom stereocenters. The summed E-state index contributed by atoms with van der Waals surface area (Å²) in [4.78, 5) is 30.6. The monoisotopic (exact) mass is 377 g/mol. The predicted octanol–water partition coefficient (Wildman–Crippen LogP) is 3.79. The summed E-state index contributed by atoms with van der Waals surface area (Å²) in [6.07, 6.45) is 1.52.